The molecule has 1 aromatic heterocycles. The van der Waals surface area contributed by atoms with Crippen LogP contribution >= 0.6 is 11.6 Å². The standard InChI is InChI=1S/C12H8ClF3N2O/c13-7-1-2-10(19)9(5-7)18-8-3-4-17-11(6-8)12(14,15)16/h1-6,19H,(H,17,18). The fraction of sp³-hybridized carbons (Fsp3) is 0.0833. The second kappa shape index (κ2) is 4.97. The van der Waals surface area contributed by atoms with Crippen LogP contribution in [-0.4, -0.2) is 10.1 Å². The highest BCUT2D eigenvalue weighted by atomic mass is 35.5. The Morgan fingerprint density at radius 1 is 1.16 bits per heavy atom. The maximum absolute atomic E-state index is 12.5. The first-order valence-corrected chi connectivity index (χ1v) is 5.53. The number of hydrogen-bond donors (Lipinski definition) is 2. The van der Waals surface area contributed by atoms with Crippen molar-refractivity contribution in [3.05, 3.63) is 47.2 Å². The predicted molar refractivity (Wildman–Crippen MR) is 65.6 cm³/mol. The number of aromatic nitrogens is 1. The van der Waals surface area contributed by atoms with Crippen LogP contribution in [0.15, 0.2) is 36.5 Å². The molecule has 19 heavy (non-hydrogen) atoms. The number of anilines is 2. The molecule has 0 unspecified atom stereocenters. The molecule has 2 aromatic rings. The third-order valence-corrected chi connectivity index (χ3v) is 2.52. The van der Waals surface area contributed by atoms with Gasteiger partial charge in [0.1, 0.15) is 11.4 Å². The predicted octanol–water partition coefficient (Wildman–Crippen LogP) is 4.20. The van der Waals surface area contributed by atoms with Gasteiger partial charge < -0.3 is 10.4 Å². The number of nitrogens with one attached hydrogen (secondary N) is 1. The molecule has 0 radical (unpaired) electrons. The lowest BCUT2D eigenvalue weighted by atomic mass is 10.2. The molecule has 7 heteroatoms. The molecule has 0 bridgehead atoms. The number of halogens is 4. The molecule has 2 rings (SSSR count). The van der Waals surface area contributed by atoms with Crippen molar-refractivity contribution in [3.63, 3.8) is 0 Å². The zero-order valence-electron chi connectivity index (χ0n) is 9.37. The van der Waals surface area contributed by atoms with Crippen LogP contribution in [0.25, 0.3) is 0 Å². The van der Waals surface area contributed by atoms with E-state index in [9.17, 15) is 18.3 Å². The lowest BCUT2D eigenvalue weighted by Gasteiger charge is -2.11. The third-order valence-electron chi connectivity index (χ3n) is 2.29. The number of aromatic hydroxyl groups is 1. The molecule has 0 aliphatic rings. The van der Waals surface area contributed by atoms with Crippen molar-refractivity contribution >= 4 is 23.0 Å². The number of alkyl halides is 3. The first-order chi connectivity index (χ1) is 8.86. The van der Waals surface area contributed by atoms with Gasteiger partial charge in [0, 0.05) is 16.9 Å². The van der Waals surface area contributed by atoms with E-state index in [0.717, 1.165) is 12.3 Å². The van der Waals surface area contributed by atoms with Gasteiger partial charge >= 0.3 is 6.18 Å². The number of benzene rings is 1. The number of rotatable bonds is 2. The van der Waals surface area contributed by atoms with Gasteiger partial charge in [0.05, 0.1) is 5.69 Å². The molecule has 2 N–H and O–H groups in total. The van der Waals surface area contributed by atoms with Gasteiger partial charge in [0.15, 0.2) is 0 Å². The lowest BCUT2D eigenvalue weighted by molar-refractivity contribution is -0.141. The zero-order valence-corrected chi connectivity index (χ0v) is 10.1. The van der Waals surface area contributed by atoms with Crippen molar-refractivity contribution in [2.24, 2.45) is 0 Å². The monoisotopic (exact) mass is 288 g/mol. The summed E-state index contributed by atoms with van der Waals surface area (Å²) in [6, 6.07) is 6.42. The summed E-state index contributed by atoms with van der Waals surface area (Å²) in [5.41, 5.74) is -0.647. The number of nitrogens with zero attached hydrogens (tertiary/aromatic N) is 1. The minimum atomic E-state index is -4.52. The molecule has 0 saturated carbocycles. The zero-order chi connectivity index (χ0) is 14.0. The highest BCUT2D eigenvalue weighted by Crippen LogP contribution is 2.32. The van der Waals surface area contributed by atoms with E-state index in [0.29, 0.717) is 5.02 Å². The summed E-state index contributed by atoms with van der Waals surface area (Å²) < 4.78 is 37.5. The van der Waals surface area contributed by atoms with Gasteiger partial charge in [-0.25, -0.2) is 0 Å². The van der Waals surface area contributed by atoms with Gasteiger partial charge in [-0.15, -0.1) is 0 Å². The Balaban J connectivity index is 2.31. The minimum Gasteiger partial charge on any atom is -0.506 e. The fourth-order valence-corrected chi connectivity index (χ4v) is 1.60. The number of phenolic OH excluding ortho intramolecular Hbond substituents is 1. The molecule has 0 spiro atoms. The fourth-order valence-electron chi connectivity index (χ4n) is 1.43. The maximum Gasteiger partial charge on any atom is 0.433 e. The second-order valence-corrected chi connectivity index (χ2v) is 4.15. The summed E-state index contributed by atoms with van der Waals surface area (Å²) in [5.74, 6) is -0.116. The van der Waals surface area contributed by atoms with E-state index in [2.05, 4.69) is 10.3 Å². The molecule has 0 aliphatic carbocycles. The molecular formula is C12H8ClF3N2O. The van der Waals surface area contributed by atoms with E-state index in [1.807, 2.05) is 0 Å². The van der Waals surface area contributed by atoms with Crippen LogP contribution in [0.5, 0.6) is 5.75 Å². The number of phenols is 1. The van der Waals surface area contributed by atoms with Crippen molar-refractivity contribution < 1.29 is 18.3 Å². The van der Waals surface area contributed by atoms with Crippen molar-refractivity contribution in [3.8, 4) is 5.75 Å². The smallest absolute Gasteiger partial charge is 0.433 e. The van der Waals surface area contributed by atoms with Crippen LogP contribution in [0, 0.1) is 0 Å². The van der Waals surface area contributed by atoms with Gasteiger partial charge in [-0.3, -0.25) is 4.98 Å². The van der Waals surface area contributed by atoms with Gasteiger partial charge in [-0.05, 0) is 30.3 Å². The molecule has 0 aliphatic heterocycles. The topological polar surface area (TPSA) is 45.1 Å². The Kier molecular flexibility index (Phi) is 3.53. The summed E-state index contributed by atoms with van der Waals surface area (Å²) >= 11 is 5.74. The highest BCUT2D eigenvalue weighted by molar-refractivity contribution is 6.30. The van der Waals surface area contributed by atoms with Crippen LogP contribution in [-0.2, 0) is 6.18 Å². The Morgan fingerprint density at radius 2 is 1.89 bits per heavy atom. The van der Waals surface area contributed by atoms with Gasteiger partial charge in [-0.1, -0.05) is 11.6 Å². The van der Waals surface area contributed by atoms with Crippen molar-refractivity contribution in [2.45, 2.75) is 6.18 Å². The van der Waals surface area contributed by atoms with E-state index in [1.54, 1.807) is 0 Å². The Bertz CT molecular complexity index is 602. The van der Waals surface area contributed by atoms with Gasteiger partial charge in [0.25, 0.3) is 0 Å². The SMILES string of the molecule is Oc1ccc(Cl)cc1Nc1ccnc(C(F)(F)F)c1. The molecule has 100 valence electrons. The Labute approximate surface area is 111 Å². The van der Waals surface area contributed by atoms with Crippen molar-refractivity contribution in [2.75, 3.05) is 5.32 Å². The molecular weight excluding hydrogens is 281 g/mol. The third kappa shape index (κ3) is 3.29. The lowest BCUT2D eigenvalue weighted by Crippen LogP contribution is -2.08. The van der Waals surface area contributed by atoms with Crippen molar-refractivity contribution in [1.82, 2.24) is 4.98 Å². The Morgan fingerprint density at radius 3 is 2.58 bits per heavy atom. The molecule has 0 atom stereocenters. The second-order valence-electron chi connectivity index (χ2n) is 3.71. The molecule has 0 amide bonds. The number of pyridine rings is 1. The average Bonchev–Trinajstić information content (AvgIpc) is 2.33. The molecule has 1 heterocycles. The van der Waals surface area contributed by atoms with Gasteiger partial charge in [0.2, 0.25) is 0 Å². The van der Waals surface area contributed by atoms with Crippen LogP contribution in [0.1, 0.15) is 5.69 Å². The van der Waals surface area contributed by atoms with E-state index >= 15 is 0 Å². The molecule has 3 nitrogen and oxygen atoms in total. The molecule has 0 saturated heterocycles. The summed E-state index contributed by atoms with van der Waals surface area (Å²) in [6.45, 7) is 0. The van der Waals surface area contributed by atoms with Crippen molar-refractivity contribution in [1.29, 1.82) is 0 Å². The molecule has 0 fully saturated rings. The molecule has 1 aromatic carbocycles. The summed E-state index contributed by atoms with van der Waals surface area (Å²) in [7, 11) is 0. The van der Waals surface area contributed by atoms with Crippen LogP contribution < -0.4 is 5.32 Å². The Hall–Kier alpha value is -1.95. The quantitative estimate of drug-likeness (QED) is 0.814. The van der Waals surface area contributed by atoms with Gasteiger partial charge in [-0.2, -0.15) is 13.2 Å². The average molecular weight is 289 g/mol. The van der Waals surface area contributed by atoms with E-state index in [-0.39, 0.29) is 17.1 Å². The van der Waals surface area contributed by atoms with Crippen LogP contribution in [0.2, 0.25) is 5.02 Å². The first-order valence-electron chi connectivity index (χ1n) is 5.15. The summed E-state index contributed by atoms with van der Waals surface area (Å²) in [4.78, 5) is 3.24. The normalized spacial score (nSPS) is 11.4. The minimum absolute atomic E-state index is 0.116. The van der Waals surface area contributed by atoms with E-state index in [4.69, 9.17) is 11.6 Å². The van der Waals surface area contributed by atoms with E-state index < -0.39 is 11.9 Å². The highest BCUT2D eigenvalue weighted by Gasteiger charge is 2.32. The number of hydrogen-bond acceptors (Lipinski definition) is 3. The first kappa shape index (κ1) is 13.5. The maximum atomic E-state index is 12.5. The summed E-state index contributed by atoms with van der Waals surface area (Å²) in [5, 5.41) is 12.6. The van der Waals surface area contributed by atoms with Crippen LogP contribution in [0.3, 0.4) is 0 Å². The largest absolute Gasteiger partial charge is 0.506 e. The van der Waals surface area contributed by atoms with Crippen LogP contribution in [0.4, 0.5) is 24.5 Å². The van der Waals surface area contributed by atoms with E-state index in [1.165, 1.54) is 24.3 Å². The summed E-state index contributed by atoms with van der Waals surface area (Å²) in [6.07, 6.45) is -3.49.